The lowest BCUT2D eigenvalue weighted by atomic mass is 10.1. The minimum absolute atomic E-state index is 0.0694. The zero-order valence-electron chi connectivity index (χ0n) is 10.3. The van der Waals surface area contributed by atoms with Crippen molar-refractivity contribution in [2.24, 2.45) is 5.92 Å². The highest BCUT2D eigenvalue weighted by atomic mass is 32.2. The van der Waals surface area contributed by atoms with Gasteiger partial charge in [0.2, 0.25) is 5.91 Å². The number of rotatable bonds is 3. The molecule has 2 rings (SSSR count). The third kappa shape index (κ3) is 3.13. The summed E-state index contributed by atoms with van der Waals surface area (Å²) in [7, 11) is -3.22. The lowest BCUT2D eigenvalue weighted by Gasteiger charge is -2.11. The lowest BCUT2D eigenvalue weighted by Crippen LogP contribution is -2.24. The number of carboxylic acid groups (broad SMARTS) is 1. The number of hydrogen-bond donors (Lipinski definition) is 2. The van der Waals surface area contributed by atoms with E-state index in [1.807, 2.05) is 0 Å². The standard InChI is InChI=1S/C12H12FNO5S/c13-8-1-2-9(12(16)17)10(5-8)14-11(15)7-3-4-20(18,19)6-7/h1-2,5,7H,3-4,6H2,(H,14,15)(H,16,17). The molecular weight excluding hydrogens is 289 g/mol. The Kier molecular flexibility index (Phi) is 3.76. The van der Waals surface area contributed by atoms with Crippen molar-refractivity contribution in [2.75, 3.05) is 16.8 Å². The van der Waals surface area contributed by atoms with E-state index in [1.165, 1.54) is 0 Å². The Morgan fingerprint density at radius 1 is 1.35 bits per heavy atom. The molecule has 1 aromatic carbocycles. The van der Waals surface area contributed by atoms with Gasteiger partial charge in [-0.25, -0.2) is 17.6 Å². The van der Waals surface area contributed by atoms with Gasteiger partial charge in [-0.15, -0.1) is 0 Å². The molecule has 0 radical (unpaired) electrons. The molecular formula is C12H12FNO5S. The van der Waals surface area contributed by atoms with Gasteiger partial charge in [-0.1, -0.05) is 0 Å². The van der Waals surface area contributed by atoms with E-state index >= 15 is 0 Å². The third-order valence-electron chi connectivity index (χ3n) is 3.07. The van der Waals surface area contributed by atoms with E-state index < -0.39 is 33.4 Å². The fraction of sp³-hybridized carbons (Fsp3) is 0.333. The molecule has 8 heteroatoms. The Labute approximate surface area is 114 Å². The fourth-order valence-corrected chi connectivity index (χ4v) is 3.78. The minimum Gasteiger partial charge on any atom is -0.478 e. The van der Waals surface area contributed by atoms with E-state index in [2.05, 4.69) is 5.32 Å². The SMILES string of the molecule is O=C(O)c1ccc(F)cc1NC(=O)C1CCS(=O)(=O)C1. The van der Waals surface area contributed by atoms with Gasteiger partial charge in [0.05, 0.1) is 28.7 Å². The molecule has 1 saturated heterocycles. The van der Waals surface area contributed by atoms with Crippen LogP contribution in [0, 0.1) is 11.7 Å². The zero-order valence-corrected chi connectivity index (χ0v) is 11.1. The number of anilines is 1. The summed E-state index contributed by atoms with van der Waals surface area (Å²) in [5.41, 5.74) is -0.424. The maximum absolute atomic E-state index is 13.1. The van der Waals surface area contributed by atoms with Gasteiger partial charge in [-0.2, -0.15) is 0 Å². The number of hydrogen-bond acceptors (Lipinski definition) is 4. The first-order chi connectivity index (χ1) is 9.28. The molecule has 0 aromatic heterocycles. The van der Waals surface area contributed by atoms with Gasteiger partial charge < -0.3 is 10.4 Å². The van der Waals surface area contributed by atoms with E-state index in [4.69, 9.17) is 5.11 Å². The summed E-state index contributed by atoms with van der Waals surface area (Å²) < 4.78 is 35.7. The van der Waals surface area contributed by atoms with E-state index in [0.29, 0.717) is 0 Å². The first-order valence-corrected chi connectivity index (χ1v) is 7.65. The van der Waals surface area contributed by atoms with Gasteiger partial charge in [-0.3, -0.25) is 4.79 Å². The first-order valence-electron chi connectivity index (χ1n) is 5.82. The number of aromatic carboxylic acids is 1. The Morgan fingerprint density at radius 2 is 2.05 bits per heavy atom. The van der Waals surface area contributed by atoms with Crippen LogP contribution in [0.2, 0.25) is 0 Å². The molecule has 1 aliphatic rings. The molecule has 1 aliphatic heterocycles. The molecule has 0 spiro atoms. The summed E-state index contributed by atoms with van der Waals surface area (Å²) in [6.07, 6.45) is 0.186. The number of sulfone groups is 1. The van der Waals surface area contributed by atoms with Crippen LogP contribution in [0.25, 0.3) is 0 Å². The van der Waals surface area contributed by atoms with Crippen LogP contribution in [0.5, 0.6) is 0 Å². The average molecular weight is 301 g/mol. The second-order valence-electron chi connectivity index (χ2n) is 4.58. The van der Waals surface area contributed by atoms with Crippen LogP contribution in [0.1, 0.15) is 16.8 Å². The van der Waals surface area contributed by atoms with Crippen LogP contribution in [-0.2, 0) is 14.6 Å². The monoisotopic (exact) mass is 301 g/mol. The summed E-state index contributed by atoms with van der Waals surface area (Å²) in [5.74, 6) is -3.68. The number of amides is 1. The van der Waals surface area contributed by atoms with Gasteiger partial charge in [0.15, 0.2) is 9.84 Å². The van der Waals surface area contributed by atoms with E-state index in [1.54, 1.807) is 0 Å². The number of carboxylic acids is 1. The Balaban J connectivity index is 2.20. The van der Waals surface area contributed by atoms with Crippen LogP contribution in [0.3, 0.4) is 0 Å². The molecule has 1 aromatic rings. The van der Waals surface area contributed by atoms with E-state index in [0.717, 1.165) is 18.2 Å². The third-order valence-corrected chi connectivity index (χ3v) is 4.84. The van der Waals surface area contributed by atoms with E-state index in [9.17, 15) is 22.4 Å². The number of benzene rings is 1. The Hall–Kier alpha value is -1.96. The molecule has 20 heavy (non-hydrogen) atoms. The summed E-state index contributed by atoms with van der Waals surface area (Å²) >= 11 is 0. The highest BCUT2D eigenvalue weighted by molar-refractivity contribution is 7.91. The fourth-order valence-electron chi connectivity index (χ4n) is 2.04. The van der Waals surface area contributed by atoms with Gasteiger partial charge in [0.25, 0.3) is 0 Å². The van der Waals surface area contributed by atoms with Crippen molar-refractivity contribution >= 4 is 27.4 Å². The lowest BCUT2D eigenvalue weighted by molar-refractivity contribution is -0.119. The predicted molar refractivity (Wildman–Crippen MR) is 68.7 cm³/mol. The van der Waals surface area contributed by atoms with Crippen molar-refractivity contribution in [1.29, 1.82) is 0 Å². The van der Waals surface area contributed by atoms with Crippen molar-refractivity contribution < 1.29 is 27.5 Å². The maximum atomic E-state index is 13.1. The average Bonchev–Trinajstić information content (AvgIpc) is 2.69. The summed E-state index contributed by atoms with van der Waals surface area (Å²) in [6.45, 7) is 0. The molecule has 1 fully saturated rings. The molecule has 6 nitrogen and oxygen atoms in total. The molecule has 1 unspecified atom stereocenters. The predicted octanol–water partition coefficient (Wildman–Crippen LogP) is 0.897. The van der Waals surface area contributed by atoms with Crippen LogP contribution in [0.15, 0.2) is 18.2 Å². The number of nitrogens with one attached hydrogen (secondary N) is 1. The van der Waals surface area contributed by atoms with Crippen molar-refractivity contribution in [3.8, 4) is 0 Å². The normalized spacial score (nSPS) is 20.6. The summed E-state index contributed by atoms with van der Waals surface area (Å²) in [6, 6.07) is 2.91. The maximum Gasteiger partial charge on any atom is 0.337 e. The van der Waals surface area contributed by atoms with Crippen LogP contribution >= 0.6 is 0 Å². The summed E-state index contributed by atoms with van der Waals surface area (Å²) in [4.78, 5) is 22.9. The molecule has 1 atom stereocenters. The Morgan fingerprint density at radius 3 is 2.60 bits per heavy atom. The van der Waals surface area contributed by atoms with Crippen molar-refractivity contribution in [3.63, 3.8) is 0 Å². The molecule has 1 heterocycles. The van der Waals surface area contributed by atoms with Crippen molar-refractivity contribution in [2.45, 2.75) is 6.42 Å². The van der Waals surface area contributed by atoms with Gasteiger partial charge >= 0.3 is 5.97 Å². The quantitative estimate of drug-likeness (QED) is 0.863. The summed E-state index contributed by atoms with van der Waals surface area (Å²) in [5, 5.41) is 11.2. The van der Waals surface area contributed by atoms with Crippen molar-refractivity contribution in [3.05, 3.63) is 29.6 Å². The smallest absolute Gasteiger partial charge is 0.337 e. The number of carbonyl (C=O) groups is 2. The van der Waals surface area contributed by atoms with Gasteiger partial charge in [0, 0.05) is 0 Å². The van der Waals surface area contributed by atoms with Gasteiger partial charge in [0.1, 0.15) is 5.82 Å². The zero-order chi connectivity index (χ0) is 14.9. The number of carbonyl (C=O) groups excluding carboxylic acids is 1. The van der Waals surface area contributed by atoms with Crippen LogP contribution in [-0.4, -0.2) is 36.9 Å². The topological polar surface area (TPSA) is 101 Å². The second kappa shape index (κ2) is 5.20. The first kappa shape index (κ1) is 14.4. The highest BCUT2D eigenvalue weighted by Crippen LogP contribution is 2.22. The van der Waals surface area contributed by atoms with Crippen LogP contribution < -0.4 is 5.32 Å². The molecule has 2 N–H and O–H groups in total. The molecule has 0 aliphatic carbocycles. The van der Waals surface area contributed by atoms with E-state index in [-0.39, 0.29) is 29.2 Å². The van der Waals surface area contributed by atoms with Gasteiger partial charge in [-0.05, 0) is 24.6 Å². The Bertz CT molecular complexity index is 670. The largest absolute Gasteiger partial charge is 0.478 e. The van der Waals surface area contributed by atoms with Crippen molar-refractivity contribution in [1.82, 2.24) is 0 Å². The second-order valence-corrected chi connectivity index (χ2v) is 6.81. The molecule has 1 amide bonds. The molecule has 108 valence electrons. The number of halogens is 1. The molecule has 0 bridgehead atoms. The molecule has 0 saturated carbocycles. The highest BCUT2D eigenvalue weighted by Gasteiger charge is 2.33. The van der Waals surface area contributed by atoms with Crippen LogP contribution in [0.4, 0.5) is 10.1 Å². The minimum atomic E-state index is -3.22.